The van der Waals surface area contributed by atoms with Crippen molar-refractivity contribution in [3.8, 4) is 0 Å². The third-order valence-corrected chi connectivity index (χ3v) is 2.47. The number of aliphatic hydroxyl groups is 1. The Morgan fingerprint density at radius 1 is 1.29 bits per heavy atom. The first-order valence-electron chi connectivity index (χ1n) is 5.39. The first kappa shape index (κ1) is 13.9. The summed E-state index contributed by atoms with van der Waals surface area (Å²) in [5.41, 5.74) is -0.482. The second-order valence-electron chi connectivity index (χ2n) is 4.00. The Morgan fingerprint density at radius 2 is 1.86 bits per heavy atom. The summed E-state index contributed by atoms with van der Waals surface area (Å²) in [4.78, 5) is 0. The Hall–Kier alpha value is -0.120. The van der Waals surface area contributed by atoms with E-state index >= 15 is 0 Å². The average molecular weight is 204 g/mol. The number of rotatable bonds is 7. The standard InChI is InChI=1S/C11H24O3/c1-6-11(5,14-7-2)10(12)8-13-9(3)4/h9-10,12H,6-8H2,1-5H3. The maximum absolute atomic E-state index is 9.90. The van der Waals surface area contributed by atoms with Crippen LogP contribution >= 0.6 is 0 Å². The number of aliphatic hydroxyl groups excluding tert-OH is 1. The first-order valence-corrected chi connectivity index (χ1v) is 5.39. The molecule has 0 heterocycles. The van der Waals surface area contributed by atoms with E-state index in [0.29, 0.717) is 13.2 Å². The molecular formula is C11H24O3. The van der Waals surface area contributed by atoms with E-state index in [-0.39, 0.29) is 6.10 Å². The molecule has 0 fully saturated rings. The van der Waals surface area contributed by atoms with Crippen LogP contribution < -0.4 is 0 Å². The molecule has 0 rings (SSSR count). The Kier molecular flexibility index (Phi) is 6.33. The molecule has 0 aliphatic heterocycles. The number of hydrogen-bond acceptors (Lipinski definition) is 3. The van der Waals surface area contributed by atoms with Gasteiger partial charge < -0.3 is 14.6 Å². The molecule has 14 heavy (non-hydrogen) atoms. The van der Waals surface area contributed by atoms with Crippen molar-refractivity contribution in [3.63, 3.8) is 0 Å². The van der Waals surface area contributed by atoms with Gasteiger partial charge in [-0.2, -0.15) is 0 Å². The van der Waals surface area contributed by atoms with Gasteiger partial charge in [-0.3, -0.25) is 0 Å². The summed E-state index contributed by atoms with van der Waals surface area (Å²) in [6.45, 7) is 10.7. The Bertz CT molecular complexity index is 147. The molecule has 0 radical (unpaired) electrons. The molecule has 0 aromatic carbocycles. The van der Waals surface area contributed by atoms with Crippen molar-refractivity contribution in [2.24, 2.45) is 0 Å². The fourth-order valence-electron chi connectivity index (χ4n) is 1.22. The van der Waals surface area contributed by atoms with E-state index in [9.17, 15) is 5.11 Å². The van der Waals surface area contributed by atoms with Gasteiger partial charge >= 0.3 is 0 Å². The summed E-state index contributed by atoms with van der Waals surface area (Å²) in [6, 6.07) is 0. The molecule has 0 aliphatic carbocycles. The van der Waals surface area contributed by atoms with Crippen LogP contribution in [0.2, 0.25) is 0 Å². The Morgan fingerprint density at radius 3 is 2.21 bits per heavy atom. The highest BCUT2D eigenvalue weighted by molar-refractivity contribution is 4.82. The van der Waals surface area contributed by atoms with E-state index in [1.165, 1.54) is 0 Å². The van der Waals surface area contributed by atoms with Crippen molar-refractivity contribution < 1.29 is 14.6 Å². The van der Waals surface area contributed by atoms with Crippen molar-refractivity contribution >= 4 is 0 Å². The topological polar surface area (TPSA) is 38.7 Å². The summed E-state index contributed by atoms with van der Waals surface area (Å²) < 4.78 is 10.9. The van der Waals surface area contributed by atoms with Crippen molar-refractivity contribution in [2.75, 3.05) is 13.2 Å². The molecule has 0 saturated carbocycles. The van der Waals surface area contributed by atoms with Crippen LogP contribution in [0.5, 0.6) is 0 Å². The predicted molar refractivity (Wildman–Crippen MR) is 57.4 cm³/mol. The van der Waals surface area contributed by atoms with Crippen LogP contribution in [-0.2, 0) is 9.47 Å². The summed E-state index contributed by atoms with van der Waals surface area (Å²) in [7, 11) is 0. The van der Waals surface area contributed by atoms with Crippen LogP contribution in [0.4, 0.5) is 0 Å². The predicted octanol–water partition coefficient (Wildman–Crippen LogP) is 1.98. The van der Waals surface area contributed by atoms with Crippen LogP contribution in [0.1, 0.15) is 41.0 Å². The van der Waals surface area contributed by atoms with E-state index in [1.54, 1.807) is 0 Å². The third kappa shape index (κ3) is 4.40. The van der Waals surface area contributed by atoms with Crippen molar-refractivity contribution in [2.45, 2.75) is 58.8 Å². The zero-order valence-electron chi connectivity index (χ0n) is 10.0. The lowest BCUT2D eigenvalue weighted by Crippen LogP contribution is -2.44. The zero-order valence-corrected chi connectivity index (χ0v) is 10.0. The van der Waals surface area contributed by atoms with Crippen LogP contribution in [0, 0.1) is 0 Å². The molecule has 1 N–H and O–H groups in total. The molecule has 2 unspecified atom stereocenters. The highest BCUT2D eigenvalue weighted by Gasteiger charge is 2.31. The molecule has 0 saturated heterocycles. The molecule has 2 atom stereocenters. The van der Waals surface area contributed by atoms with Crippen LogP contribution in [0.25, 0.3) is 0 Å². The van der Waals surface area contributed by atoms with E-state index in [1.807, 2.05) is 34.6 Å². The lowest BCUT2D eigenvalue weighted by molar-refractivity contribution is -0.138. The summed E-state index contributed by atoms with van der Waals surface area (Å²) in [6.07, 6.45) is 0.367. The third-order valence-electron chi connectivity index (χ3n) is 2.47. The van der Waals surface area contributed by atoms with Gasteiger partial charge in [0.15, 0.2) is 0 Å². The van der Waals surface area contributed by atoms with E-state index in [4.69, 9.17) is 9.47 Å². The van der Waals surface area contributed by atoms with Gasteiger partial charge in [0.1, 0.15) is 6.10 Å². The number of hydrogen-bond donors (Lipinski definition) is 1. The molecular weight excluding hydrogens is 180 g/mol. The van der Waals surface area contributed by atoms with Gasteiger partial charge in [0.25, 0.3) is 0 Å². The first-order chi connectivity index (χ1) is 6.46. The number of ether oxygens (including phenoxy) is 2. The smallest absolute Gasteiger partial charge is 0.106 e. The maximum Gasteiger partial charge on any atom is 0.106 e. The van der Waals surface area contributed by atoms with Crippen molar-refractivity contribution in [1.29, 1.82) is 0 Å². The maximum atomic E-state index is 9.90. The Labute approximate surface area is 87.4 Å². The zero-order chi connectivity index (χ0) is 11.2. The van der Waals surface area contributed by atoms with Gasteiger partial charge in [0, 0.05) is 6.61 Å². The van der Waals surface area contributed by atoms with Crippen LogP contribution in [0.3, 0.4) is 0 Å². The molecule has 0 amide bonds. The fraction of sp³-hybridized carbons (Fsp3) is 1.00. The van der Waals surface area contributed by atoms with Crippen LogP contribution in [-0.4, -0.2) is 36.1 Å². The molecule has 3 heteroatoms. The van der Waals surface area contributed by atoms with Crippen LogP contribution in [0.15, 0.2) is 0 Å². The van der Waals surface area contributed by atoms with Gasteiger partial charge in [-0.15, -0.1) is 0 Å². The van der Waals surface area contributed by atoms with E-state index < -0.39 is 11.7 Å². The molecule has 0 aliphatic rings. The highest BCUT2D eigenvalue weighted by Crippen LogP contribution is 2.20. The Balaban J connectivity index is 4.08. The molecule has 86 valence electrons. The fourth-order valence-corrected chi connectivity index (χ4v) is 1.22. The SMILES string of the molecule is CCOC(C)(CC)C(O)COC(C)C. The quantitative estimate of drug-likeness (QED) is 0.689. The molecule has 0 aromatic rings. The summed E-state index contributed by atoms with van der Waals surface area (Å²) in [5.74, 6) is 0. The minimum atomic E-state index is -0.560. The van der Waals surface area contributed by atoms with E-state index in [2.05, 4.69) is 0 Å². The largest absolute Gasteiger partial charge is 0.388 e. The molecule has 0 spiro atoms. The molecule has 0 aromatic heterocycles. The second kappa shape index (κ2) is 6.38. The highest BCUT2D eigenvalue weighted by atomic mass is 16.5. The van der Waals surface area contributed by atoms with Crippen molar-refractivity contribution in [1.82, 2.24) is 0 Å². The second-order valence-corrected chi connectivity index (χ2v) is 4.00. The summed E-state index contributed by atoms with van der Waals surface area (Å²) >= 11 is 0. The monoisotopic (exact) mass is 204 g/mol. The van der Waals surface area contributed by atoms with Gasteiger partial charge in [0.05, 0.1) is 18.3 Å². The van der Waals surface area contributed by atoms with E-state index in [0.717, 1.165) is 6.42 Å². The van der Waals surface area contributed by atoms with Gasteiger partial charge in [-0.05, 0) is 34.1 Å². The normalized spacial score (nSPS) is 18.2. The molecule has 0 bridgehead atoms. The summed E-state index contributed by atoms with van der Waals surface area (Å²) in [5, 5.41) is 9.90. The average Bonchev–Trinajstić information content (AvgIpc) is 2.14. The van der Waals surface area contributed by atoms with Gasteiger partial charge in [-0.25, -0.2) is 0 Å². The molecule has 3 nitrogen and oxygen atoms in total. The van der Waals surface area contributed by atoms with Crippen molar-refractivity contribution in [3.05, 3.63) is 0 Å². The van der Waals surface area contributed by atoms with Gasteiger partial charge in [0.2, 0.25) is 0 Å². The minimum absolute atomic E-state index is 0.146. The lowest BCUT2D eigenvalue weighted by Gasteiger charge is -2.33. The van der Waals surface area contributed by atoms with Gasteiger partial charge in [-0.1, -0.05) is 6.92 Å². The lowest BCUT2D eigenvalue weighted by atomic mass is 9.96. The minimum Gasteiger partial charge on any atom is -0.388 e.